The third-order valence-corrected chi connectivity index (χ3v) is 4.90. The highest BCUT2D eigenvalue weighted by Crippen LogP contribution is 2.42. The number of rotatable bonds is 7. The quantitative estimate of drug-likeness (QED) is 0.726. The molecule has 1 unspecified atom stereocenters. The Morgan fingerprint density at radius 2 is 1.86 bits per heavy atom. The first-order valence-electron chi connectivity index (χ1n) is 9.92. The van der Waals surface area contributed by atoms with Gasteiger partial charge in [0, 0.05) is 12.1 Å². The summed E-state index contributed by atoms with van der Waals surface area (Å²) in [7, 11) is 0. The first-order valence-corrected chi connectivity index (χ1v) is 9.92. The zero-order valence-electron chi connectivity index (χ0n) is 17.3. The molecular weight excluding hydrogens is 366 g/mol. The molecule has 2 aromatic carbocycles. The van der Waals surface area contributed by atoms with Crippen LogP contribution in [0.3, 0.4) is 0 Å². The van der Waals surface area contributed by atoms with Gasteiger partial charge in [0.15, 0.2) is 11.5 Å². The van der Waals surface area contributed by atoms with Crippen molar-refractivity contribution < 1.29 is 19.4 Å². The molecule has 152 valence electrons. The van der Waals surface area contributed by atoms with E-state index in [4.69, 9.17) is 4.74 Å². The highest BCUT2D eigenvalue weighted by Gasteiger charge is 2.44. The van der Waals surface area contributed by atoms with Crippen LogP contribution < -0.4 is 9.64 Å². The Hall–Kier alpha value is -3.08. The SMILES string of the molecule is CCOc1cccc(C2C(C(=O)CC(C)C)=C(O)C(=O)N2c2ccc(C)cc2)c1. The second kappa shape index (κ2) is 8.52. The molecule has 0 bridgehead atoms. The number of aliphatic hydroxyl groups is 1. The molecule has 3 rings (SSSR count). The largest absolute Gasteiger partial charge is 0.503 e. The predicted octanol–water partition coefficient (Wildman–Crippen LogP) is 4.91. The summed E-state index contributed by atoms with van der Waals surface area (Å²) < 4.78 is 5.61. The Labute approximate surface area is 171 Å². The van der Waals surface area contributed by atoms with Crippen LogP contribution in [-0.2, 0) is 9.59 Å². The number of carbonyl (C=O) groups is 2. The predicted molar refractivity (Wildman–Crippen MR) is 113 cm³/mol. The Morgan fingerprint density at radius 1 is 1.17 bits per heavy atom. The van der Waals surface area contributed by atoms with Gasteiger partial charge < -0.3 is 9.84 Å². The number of nitrogens with zero attached hydrogens (tertiary/aromatic N) is 1. The van der Waals surface area contributed by atoms with Crippen LogP contribution in [0.5, 0.6) is 5.75 Å². The van der Waals surface area contributed by atoms with Gasteiger partial charge in [0.25, 0.3) is 5.91 Å². The number of benzene rings is 2. The first kappa shape index (κ1) is 20.6. The van der Waals surface area contributed by atoms with E-state index in [1.165, 1.54) is 4.90 Å². The fourth-order valence-corrected chi connectivity index (χ4v) is 3.60. The zero-order valence-corrected chi connectivity index (χ0v) is 17.3. The molecule has 0 saturated carbocycles. The molecule has 0 aromatic heterocycles. The minimum atomic E-state index is -0.697. The van der Waals surface area contributed by atoms with E-state index in [-0.39, 0.29) is 23.7 Å². The lowest BCUT2D eigenvalue weighted by Gasteiger charge is -2.27. The Kier molecular flexibility index (Phi) is 6.06. The fraction of sp³-hybridized carbons (Fsp3) is 0.333. The van der Waals surface area contributed by atoms with Crippen molar-refractivity contribution >= 4 is 17.4 Å². The van der Waals surface area contributed by atoms with Crippen molar-refractivity contribution in [1.29, 1.82) is 0 Å². The van der Waals surface area contributed by atoms with Crippen molar-refractivity contribution in [2.24, 2.45) is 5.92 Å². The number of aryl methyl sites for hydroxylation is 1. The molecule has 0 aliphatic carbocycles. The molecule has 1 heterocycles. The molecule has 1 atom stereocenters. The van der Waals surface area contributed by atoms with Gasteiger partial charge in [-0.2, -0.15) is 0 Å². The molecule has 1 aliphatic heterocycles. The van der Waals surface area contributed by atoms with Gasteiger partial charge in [0.05, 0.1) is 18.2 Å². The molecule has 1 N–H and O–H groups in total. The summed E-state index contributed by atoms with van der Waals surface area (Å²) in [4.78, 5) is 27.5. The van der Waals surface area contributed by atoms with E-state index in [1.54, 1.807) is 0 Å². The van der Waals surface area contributed by atoms with Crippen LogP contribution in [0.1, 0.15) is 44.4 Å². The second-order valence-corrected chi connectivity index (χ2v) is 7.70. The molecular formula is C24H27NO4. The first-order chi connectivity index (χ1) is 13.8. The summed E-state index contributed by atoms with van der Waals surface area (Å²) in [5.74, 6) is -0.479. The van der Waals surface area contributed by atoms with Gasteiger partial charge in [0.2, 0.25) is 0 Å². The van der Waals surface area contributed by atoms with E-state index >= 15 is 0 Å². The topological polar surface area (TPSA) is 66.8 Å². The maximum absolute atomic E-state index is 13.0. The average Bonchev–Trinajstić information content (AvgIpc) is 2.94. The maximum atomic E-state index is 13.0. The van der Waals surface area contributed by atoms with E-state index in [9.17, 15) is 14.7 Å². The van der Waals surface area contributed by atoms with Gasteiger partial charge in [-0.05, 0) is 49.6 Å². The highest BCUT2D eigenvalue weighted by molar-refractivity contribution is 6.16. The lowest BCUT2D eigenvalue weighted by Crippen LogP contribution is -2.31. The molecule has 1 amide bonds. The average molecular weight is 393 g/mol. The summed E-state index contributed by atoms with van der Waals surface area (Å²) in [6.07, 6.45) is 0.260. The van der Waals surface area contributed by atoms with Crippen molar-refractivity contribution in [3.8, 4) is 5.75 Å². The molecule has 5 heteroatoms. The van der Waals surface area contributed by atoms with E-state index in [1.807, 2.05) is 76.2 Å². The number of ether oxygens (including phenoxy) is 1. The van der Waals surface area contributed by atoms with E-state index in [0.29, 0.717) is 18.0 Å². The van der Waals surface area contributed by atoms with E-state index < -0.39 is 17.7 Å². The van der Waals surface area contributed by atoms with Crippen molar-refractivity contribution in [1.82, 2.24) is 0 Å². The maximum Gasteiger partial charge on any atom is 0.294 e. The molecule has 0 saturated heterocycles. The minimum Gasteiger partial charge on any atom is -0.503 e. The van der Waals surface area contributed by atoms with Crippen molar-refractivity contribution in [2.75, 3.05) is 11.5 Å². The van der Waals surface area contributed by atoms with Crippen LogP contribution in [0.4, 0.5) is 5.69 Å². The Balaban J connectivity index is 2.14. The molecule has 29 heavy (non-hydrogen) atoms. The number of ketones is 1. The van der Waals surface area contributed by atoms with Gasteiger partial charge >= 0.3 is 0 Å². The summed E-state index contributed by atoms with van der Waals surface area (Å²) in [5, 5.41) is 10.7. The summed E-state index contributed by atoms with van der Waals surface area (Å²) in [6.45, 7) is 8.25. The van der Waals surface area contributed by atoms with E-state index in [2.05, 4.69) is 0 Å². The second-order valence-electron chi connectivity index (χ2n) is 7.70. The van der Waals surface area contributed by atoms with Crippen LogP contribution in [0, 0.1) is 12.8 Å². The standard InChI is InChI=1S/C24H27NO4/c1-5-29-19-8-6-7-17(14-19)22-21(20(26)13-15(2)3)23(27)24(28)25(22)18-11-9-16(4)10-12-18/h6-12,14-15,22,27H,5,13H2,1-4H3. The van der Waals surface area contributed by atoms with Gasteiger partial charge in [0.1, 0.15) is 5.75 Å². The Bertz CT molecular complexity index is 944. The van der Waals surface area contributed by atoms with E-state index in [0.717, 1.165) is 11.1 Å². The Morgan fingerprint density at radius 3 is 2.48 bits per heavy atom. The minimum absolute atomic E-state index is 0.113. The van der Waals surface area contributed by atoms with Crippen LogP contribution in [-0.4, -0.2) is 23.4 Å². The third kappa shape index (κ3) is 4.19. The molecule has 0 spiro atoms. The molecule has 2 aromatic rings. The van der Waals surface area contributed by atoms with Crippen molar-refractivity contribution in [3.63, 3.8) is 0 Å². The number of amides is 1. The van der Waals surface area contributed by atoms with Crippen LogP contribution in [0.2, 0.25) is 0 Å². The third-order valence-electron chi connectivity index (χ3n) is 4.90. The summed E-state index contributed by atoms with van der Waals surface area (Å²) in [6, 6.07) is 14.1. The van der Waals surface area contributed by atoms with Gasteiger partial charge in [-0.3, -0.25) is 14.5 Å². The van der Waals surface area contributed by atoms with Crippen molar-refractivity contribution in [2.45, 2.75) is 40.2 Å². The van der Waals surface area contributed by atoms with Crippen LogP contribution in [0.25, 0.3) is 0 Å². The van der Waals surface area contributed by atoms with Crippen LogP contribution >= 0.6 is 0 Å². The lowest BCUT2D eigenvalue weighted by molar-refractivity contribution is -0.118. The zero-order chi connectivity index (χ0) is 21.1. The number of anilines is 1. The number of hydrogen-bond acceptors (Lipinski definition) is 4. The van der Waals surface area contributed by atoms with Crippen LogP contribution in [0.15, 0.2) is 59.9 Å². The molecule has 1 aliphatic rings. The number of aliphatic hydroxyl groups excluding tert-OH is 1. The van der Waals surface area contributed by atoms with Gasteiger partial charge in [-0.15, -0.1) is 0 Å². The fourth-order valence-electron chi connectivity index (χ4n) is 3.60. The lowest BCUT2D eigenvalue weighted by atomic mass is 9.92. The summed E-state index contributed by atoms with van der Waals surface area (Å²) in [5.41, 5.74) is 2.56. The number of Topliss-reactive ketones (excluding diaryl/α,β-unsaturated/α-hetero) is 1. The summed E-state index contributed by atoms with van der Waals surface area (Å²) >= 11 is 0. The normalized spacial score (nSPS) is 16.7. The van der Waals surface area contributed by atoms with Gasteiger partial charge in [-0.1, -0.05) is 43.7 Å². The molecule has 5 nitrogen and oxygen atoms in total. The number of hydrogen-bond donors (Lipinski definition) is 1. The van der Waals surface area contributed by atoms with Crippen molar-refractivity contribution in [3.05, 3.63) is 71.0 Å². The molecule has 0 radical (unpaired) electrons. The molecule has 0 fully saturated rings. The van der Waals surface area contributed by atoms with Gasteiger partial charge in [-0.25, -0.2) is 0 Å². The monoisotopic (exact) mass is 393 g/mol. The number of carbonyl (C=O) groups excluding carboxylic acids is 2. The highest BCUT2D eigenvalue weighted by atomic mass is 16.5. The smallest absolute Gasteiger partial charge is 0.294 e.